The molecule has 0 N–H and O–H groups in total. The Labute approximate surface area is 120 Å². The minimum atomic E-state index is -1.34. The van der Waals surface area contributed by atoms with Gasteiger partial charge in [-0.15, -0.1) is 0 Å². The summed E-state index contributed by atoms with van der Waals surface area (Å²) in [5.74, 6) is -3.50. The van der Waals surface area contributed by atoms with Crippen molar-refractivity contribution in [1.82, 2.24) is 0 Å². The van der Waals surface area contributed by atoms with E-state index in [2.05, 4.69) is 4.74 Å². The van der Waals surface area contributed by atoms with Crippen molar-refractivity contribution in [3.05, 3.63) is 53.3 Å². The number of benzene rings is 2. The van der Waals surface area contributed by atoms with Crippen LogP contribution in [0, 0.1) is 17.5 Å². The van der Waals surface area contributed by atoms with Gasteiger partial charge in [-0.3, -0.25) is 0 Å². The Bertz CT molecular complexity index is 617. The molecule has 0 amide bonds. The van der Waals surface area contributed by atoms with Crippen LogP contribution >= 0.6 is 0 Å². The number of halogens is 4. The Morgan fingerprint density at radius 2 is 1.62 bits per heavy atom. The molecule has 112 valence electrons. The fourth-order valence-electron chi connectivity index (χ4n) is 2.14. The summed E-state index contributed by atoms with van der Waals surface area (Å²) in [4.78, 5) is 0. The average Bonchev–Trinajstić information content (AvgIpc) is 2.43. The lowest BCUT2D eigenvalue weighted by Crippen LogP contribution is -1.98. The van der Waals surface area contributed by atoms with Gasteiger partial charge in [-0.2, -0.15) is 0 Å². The van der Waals surface area contributed by atoms with E-state index in [1.807, 2.05) is 6.92 Å². The van der Waals surface area contributed by atoms with Crippen molar-refractivity contribution in [1.29, 1.82) is 0 Å². The van der Waals surface area contributed by atoms with Crippen molar-refractivity contribution in [2.24, 2.45) is 0 Å². The molecule has 0 unspecified atom stereocenters. The predicted octanol–water partition coefficient (Wildman–Crippen LogP) is 5.03. The van der Waals surface area contributed by atoms with Crippen molar-refractivity contribution in [3.63, 3.8) is 0 Å². The normalized spacial score (nSPS) is 10.7. The Kier molecular flexibility index (Phi) is 4.83. The van der Waals surface area contributed by atoms with Gasteiger partial charge in [0.05, 0.1) is 0 Å². The predicted molar refractivity (Wildman–Crippen MR) is 72.4 cm³/mol. The van der Waals surface area contributed by atoms with Crippen LogP contribution in [0.4, 0.5) is 17.6 Å². The second-order valence-electron chi connectivity index (χ2n) is 4.59. The Balaban J connectivity index is 2.43. The zero-order chi connectivity index (χ0) is 15.4. The van der Waals surface area contributed by atoms with Gasteiger partial charge in [-0.1, -0.05) is 25.5 Å². The molecule has 1 nitrogen and oxygen atoms in total. The van der Waals surface area contributed by atoms with Crippen molar-refractivity contribution in [3.8, 4) is 16.9 Å². The molecule has 0 spiro atoms. The van der Waals surface area contributed by atoms with Gasteiger partial charge in [0, 0.05) is 5.56 Å². The first-order chi connectivity index (χ1) is 10.1. The maximum Gasteiger partial charge on any atom is 0.228 e. The molecule has 0 aromatic heterocycles. The van der Waals surface area contributed by atoms with E-state index in [4.69, 9.17) is 0 Å². The molecule has 0 saturated heterocycles. The molecule has 0 bridgehead atoms. The van der Waals surface area contributed by atoms with E-state index in [0.29, 0.717) is 0 Å². The third-order valence-corrected chi connectivity index (χ3v) is 3.08. The summed E-state index contributed by atoms with van der Waals surface area (Å²) in [6.45, 7) is 0.632. The van der Waals surface area contributed by atoms with Crippen LogP contribution in [-0.4, -0.2) is 6.86 Å². The lowest BCUT2D eigenvalue weighted by atomic mass is 10.0. The largest absolute Gasteiger partial charge is 0.457 e. The first kappa shape index (κ1) is 15.4. The molecule has 0 aliphatic carbocycles. The monoisotopic (exact) mass is 298 g/mol. The zero-order valence-corrected chi connectivity index (χ0v) is 11.4. The SMILES string of the molecule is CCCc1ccc(-c2cc(F)c(OCF)c(F)c2)c(F)c1. The number of hydrogen-bond acceptors (Lipinski definition) is 1. The molecule has 0 heterocycles. The fraction of sp³-hybridized carbons (Fsp3) is 0.250. The first-order valence-electron chi connectivity index (χ1n) is 6.53. The summed E-state index contributed by atoms with van der Waals surface area (Å²) in [6.07, 6.45) is 1.60. The second kappa shape index (κ2) is 6.61. The van der Waals surface area contributed by atoms with Gasteiger partial charge in [0.2, 0.25) is 6.86 Å². The number of hydrogen-bond donors (Lipinski definition) is 0. The highest BCUT2D eigenvalue weighted by Crippen LogP contribution is 2.31. The van der Waals surface area contributed by atoms with Crippen molar-refractivity contribution >= 4 is 0 Å². The third-order valence-electron chi connectivity index (χ3n) is 3.08. The molecule has 0 radical (unpaired) electrons. The molecule has 2 aromatic rings. The summed E-state index contributed by atoms with van der Waals surface area (Å²) in [5.41, 5.74) is 0.938. The molecule has 21 heavy (non-hydrogen) atoms. The Hall–Kier alpha value is -2.04. The molecular formula is C16H14F4O. The standard InChI is InChI=1S/C16H14F4O/c1-2-3-10-4-5-12(13(18)6-10)11-7-14(19)16(21-9-17)15(20)8-11/h4-8H,2-3,9H2,1H3. The van der Waals surface area contributed by atoms with Gasteiger partial charge in [-0.05, 0) is 35.7 Å². The van der Waals surface area contributed by atoms with Crippen molar-refractivity contribution in [2.45, 2.75) is 19.8 Å². The average molecular weight is 298 g/mol. The molecule has 5 heteroatoms. The van der Waals surface area contributed by atoms with E-state index in [9.17, 15) is 17.6 Å². The van der Waals surface area contributed by atoms with E-state index < -0.39 is 30.1 Å². The van der Waals surface area contributed by atoms with Crippen LogP contribution in [0.1, 0.15) is 18.9 Å². The lowest BCUT2D eigenvalue weighted by Gasteiger charge is -2.09. The Morgan fingerprint density at radius 3 is 2.14 bits per heavy atom. The van der Waals surface area contributed by atoms with Gasteiger partial charge >= 0.3 is 0 Å². The van der Waals surface area contributed by atoms with Crippen LogP contribution < -0.4 is 4.74 Å². The van der Waals surface area contributed by atoms with Crippen molar-refractivity contribution in [2.75, 3.05) is 6.86 Å². The summed E-state index contributed by atoms with van der Waals surface area (Å²) in [5, 5.41) is 0. The molecule has 2 rings (SSSR count). The minimum absolute atomic E-state index is 0.0387. The molecule has 0 saturated carbocycles. The smallest absolute Gasteiger partial charge is 0.228 e. The number of aryl methyl sites for hydroxylation is 1. The highest BCUT2D eigenvalue weighted by atomic mass is 19.1. The highest BCUT2D eigenvalue weighted by molar-refractivity contribution is 5.65. The second-order valence-corrected chi connectivity index (χ2v) is 4.59. The maximum absolute atomic E-state index is 14.0. The topological polar surface area (TPSA) is 9.23 Å². The quantitative estimate of drug-likeness (QED) is 0.703. The lowest BCUT2D eigenvalue weighted by molar-refractivity contribution is 0.176. The number of rotatable bonds is 5. The van der Waals surface area contributed by atoms with E-state index >= 15 is 0 Å². The first-order valence-corrected chi connectivity index (χ1v) is 6.53. The minimum Gasteiger partial charge on any atom is -0.457 e. The van der Waals surface area contributed by atoms with Gasteiger partial charge < -0.3 is 4.74 Å². The zero-order valence-electron chi connectivity index (χ0n) is 11.4. The van der Waals surface area contributed by atoms with Gasteiger partial charge in [0.15, 0.2) is 17.4 Å². The van der Waals surface area contributed by atoms with Crippen LogP contribution in [0.15, 0.2) is 30.3 Å². The van der Waals surface area contributed by atoms with Gasteiger partial charge in [0.1, 0.15) is 5.82 Å². The summed E-state index contributed by atoms with van der Waals surface area (Å²) in [6, 6.07) is 6.38. The van der Waals surface area contributed by atoms with Crippen LogP contribution in [0.25, 0.3) is 11.1 Å². The van der Waals surface area contributed by atoms with Crippen LogP contribution in [0.3, 0.4) is 0 Å². The van der Waals surface area contributed by atoms with E-state index in [0.717, 1.165) is 30.5 Å². The summed E-state index contributed by atoms with van der Waals surface area (Å²) in [7, 11) is 0. The van der Waals surface area contributed by atoms with Gasteiger partial charge in [-0.25, -0.2) is 17.6 Å². The third kappa shape index (κ3) is 3.35. The van der Waals surface area contributed by atoms with Crippen LogP contribution in [0.2, 0.25) is 0 Å². The molecule has 0 aliphatic rings. The van der Waals surface area contributed by atoms with Crippen molar-refractivity contribution < 1.29 is 22.3 Å². The molecule has 2 aromatic carbocycles. The molecule has 0 aliphatic heterocycles. The van der Waals surface area contributed by atoms with Gasteiger partial charge in [0.25, 0.3) is 0 Å². The number of ether oxygens (including phenoxy) is 1. The molecule has 0 atom stereocenters. The van der Waals surface area contributed by atoms with Crippen LogP contribution in [-0.2, 0) is 6.42 Å². The van der Waals surface area contributed by atoms with E-state index in [-0.39, 0.29) is 11.1 Å². The van der Waals surface area contributed by atoms with E-state index in [1.165, 1.54) is 12.1 Å². The van der Waals surface area contributed by atoms with Crippen LogP contribution in [0.5, 0.6) is 5.75 Å². The maximum atomic E-state index is 14.0. The Morgan fingerprint density at radius 1 is 0.952 bits per heavy atom. The summed E-state index contributed by atoms with van der Waals surface area (Å²) < 4.78 is 57.6. The van der Waals surface area contributed by atoms with E-state index in [1.54, 1.807) is 6.07 Å². The summed E-state index contributed by atoms with van der Waals surface area (Å²) >= 11 is 0. The number of alkyl halides is 1. The molecule has 0 fully saturated rings. The fourth-order valence-corrected chi connectivity index (χ4v) is 2.14. The molecular weight excluding hydrogens is 284 g/mol. The highest BCUT2D eigenvalue weighted by Gasteiger charge is 2.15.